The highest BCUT2D eigenvalue weighted by Crippen LogP contribution is 2.20. The van der Waals surface area contributed by atoms with Crippen LogP contribution in [0.1, 0.15) is 27.6 Å². The van der Waals surface area contributed by atoms with Crippen LogP contribution in [0.4, 0.5) is 4.39 Å². The Hall–Kier alpha value is -2.21. The van der Waals surface area contributed by atoms with E-state index >= 15 is 0 Å². The molecule has 0 spiro atoms. The molecule has 0 bridgehead atoms. The number of ether oxygens (including phenoxy) is 2. The molecule has 2 rings (SSSR count). The van der Waals surface area contributed by atoms with Crippen molar-refractivity contribution in [2.45, 2.75) is 13.0 Å². The van der Waals surface area contributed by atoms with Crippen LogP contribution in [-0.4, -0.2) is 25.0 Å². The van der Waals surface area contributed by atoms with Crippen molar-refractivity contribution in [3.05, 3.63) is 63.9 Å². The highest BCUT2D eigenvalue weighted by atomic mass is 79.9. The van der Waals surface area contributed by atoms with Gasteiger partial charge in [0.25, 0.3) is 0 Å². The second-order valence-corrected chi connectivity index (χ2v) is 5.62. The summed E-state index contributed by atoms with van der Waals surface area (Å²) in [7, 11) is 1.53. The van der Waals surface area contributed by atoms with Crippen molar-refractivity contribution in [3.8, 4) is 5.75 Å². The van der Waals surface area contributed by atoms with Gasteiger partial charge in [0.1, 0.15) is 11.6 Å². The third kappa shape index (κ3) is 4.16. The summed E-state index contributed by atoms with van der Waals surface area (Å²) in [6.07, 6.45) is -0.965. The van der Waals surface area contributed by atoms with Crippen molar-refractivity contribution < 1.29 is 23.5 Å². The largest absolute Gasteiger partial charge is 0.497 e. The van der Waals surface area contributed by atoms with Crippen molar-refractivity contribution >= 4 is 27.7 Å². The standard InChI is InChI=1S/C17H14BrFO4/c1-10(16(20)11-3-6-13(22-2)7-4-11)23-17(21)14-8-5-12(19)9-15(14)18/h3-10H,1-2H3/t10-/m0/s1. The molecule has 0 N–H and O–H groups in total. The SMILES string of the molecule is COc1ccc(C(=O)[C@H](C)OC(=O)c2ccc(F)cc2Br)cc1. The van der Waals surface area contributed by atoms with E-state index in [2.05, 4.69) is 15.9 Å². The number of halogens is 2. The van der Waals surface area contributed by atoms with Gasteiger partial charge in [-0.05, 0) is 65.3 Å². The average molecular weight is 381 g/mol. The van der Waals surface area contributed by atoms with Crippen LogP contribution in [-0.2, 0) is 4.74 Å². The van der Waals surface area contributed by atoms with Gasteiger partial charge in [-0.1, -0.05) is 0 Å². The summed E-state index contributed by atoms with van der Waals surface area (Å²) in [5.74, 6) is -0.886. The molecular weight excluding hydrogens is 367 g/mol. The van der Waals surface area contributed by atoms with Gasteiger partial charge >= 0.3 is 5.97 Å². The Morgan fingerprint density at radius 3 is 2.35 bits per heavy atom. The third-order valence-corrected chi connectivity index (χ3v) is 3.83. The normalized spacial score (nSPS) is 11.7. The molecule has 0 heterocycles. The quantitative estimate of drug-likeness (QED) is 0.580. The minimum atomic E-state index is -0.965. The van der Waals surface area contributed by atoms with Crippen LogP contribution in [0.3, 0.4) is 0 Å². The topological polar surface area (TPSA) is 52.6 Å². The minimum Gasteiger partial charge on any atom is -0.497 e. The molecule has 0 amide bonds. The lowest BCUT2D eigenvalue weighted by Gasteiger charge is -2.13. The fourth-order valence-corrected chi connectivity index (χ4v) is 2.44. The van der Waals surface area contributed by atoms with Crippen molar-refractivity contribution in [1.29, 1.82) is 0 Å². The van der Waals surface area contributed by atoms with Crippen molar-refractivity contribution in [3.63, 3.8) is 0 Å². The first-order valence-electron chi connectivity index (χ1n) is 6.76. The second-order valence-electron chi connectivity index (χ2n) is 4.76. The summed E-state index contributed by atoms with van der Waals surface area (Å²) < 4.78 is 23.5. The molecule has 0 aliphatic carbocycles. The highest BCUT2D eigenvalue weighted by molar-refractivity contribution is 9.10. The number of carbonyl (C=O) groups is 2. The summed E-state index contributed by atoms with van der Waals surface area (Å²) in [4.78, 5) is 24.3. The van der Waals surface area contributed by atoms with Crippen LogP contribution in [0, 0.1) is 5.82 Å². The zero-order valence-corrected chi connectivity index (χ0v) is 14.1. The smallest absolute Gasteiger partial charge is 0.340 e. The van der Waals surface area contributed by atoms with Gasteiger partial charge in [0, 0.05) is 10.0 Å². The molecule has 120 valence electrons. The van der Waals surface area contributed by atoms with Crippen LogP contribution in [0.15, 0.2) is 46.9 Å². The number of rotatable bonds is 5. The molecule has 4 nitrogen and oxygen atoms in total. The molecule has 6 heteroatoms. The number of hydrogen-bond donors (Lipinski definition) is 0. The lowest BCUT2D eigenvalue weighted by Crippen LogP contribution is -2.24. The molecular formula is C17H14BrFO4. The van der Waals surface area contributed by atoms with E-state index in [4.69, 9.17) is 9.47 Å². The van der Waals surface area contributed by atoms with E-state index in [1.807, 2.05) is 0 Å². The summed E-state index contributed by atoms with van der Waals surface area (Å²) in [6, 6.07) is 10.1. The van der Waals surface area contributed by atoms with Crippen LogP contribution >= 0.6 is 15.9 Å². The monoisotopic (exact) mass is 380 g/mol. The Balaban J connectivity index is 2.09. The number of esters is 1. The molecule has 0 radical (unpaired) electrons. The van der Waals surface area contributed by atoms with Gasteiger partial charge in [-0.3, -0.25) is 4.79 Å². The van der Waals surface area contributed by atoms with Gasteiger partial charge in [0.2, 0.25) is 5.78 Å². The Labute approximate surface area is 141 Å². The van der Waals surface area contributed by atoms with Crippen molar-refractivity contribution in [2.24, 2.45) is 0 Å². The molecule has 0 fully saturated rings. The number of ketones is 1. The molecule has 0 aromatic heterocycles. The van der Waals surface area contributed by atoms with Crippen LogP contribution in [0.5, 0.6) is 5.75 Å². The molecule has 0 aliphatic heterocycles. The van der Waals surface area contributed by atoms with Gasteiger partial charge in [-0.15, -0.1) is 0 Å². The van der Waals surface area contributed by atoms with Crippen LogP contribution in [0.2, 0.25) is 0 Å². The lowest BCUT2D eigenvalue weighted by molar-refractivity contribution is 0.0318. The zero-order valence-electron chi connectivity index (χ0n) is 12.5. The number of benzene rings is 2. The summed E-state index contributed by atoms with van der Waals surface area (Å²) in [5.41, 5.74) is 0.560. The van der Waals surface area contributed by atoms with Gasteiger partial charge in [-0.2, -0.15) is 0 Å². The molecule has 1 atom stereocenters. The van der Waals surface area contributed by atoms with E-state index in [9.17, 15) is 14.0 Å². The number of hydrogen-bond acceptors (Lipinski definition) is 4. The highest BCUT2D eigenvalue weighted by Gasteiger charge is 2.21. The van der Waals surface area contributed by atoms with E-state index in [1.54, 1.807) is 24.3 Å². The van der Waals surface area contributed by atoms with E-state index in [0.29, 0.717) is 11.3 Å². The first kappa shape index (κ1) is 17.1. The Morgan fingerprint density at radius 2 is 1.78 bits per heavy atom. The molecule has 23 heavy (non-hydrogen) atoms. The fraction of sp³-hybridized carbons (Fsp3) is 0.176. The van der Waals surface area contributed by atoms with Crippen LogP contribution < -0.4 is 4.74 Å². The lowest BCUT2D eigenvalue weighted by atomic mass is 10.1. The first-order chi connectivity index (χ1) is 10.9. The Bertz CT molecular complexity index is 728. The summed E-state index contributed by atoms with van der Waals surface area (Å²) in [5, 5.41) is 0. The molecule has 0 aliphatic rings. The van der Waals surface area contributed by atoms with Gasteiger partial charge < -0.3 is 9.47 Å². The third-order valence-electron chi connectivity index (χ3n) is 3.18. The molecule has 2 aromatic carbocycles. The van der Waals surface area contributed by atoms with Gasteiger partial charge in [0.15, 0.2) is 6.10 Å². The van der Waals surface area contributed by atoms with E-state index in [0.717, 1.165) is 12.1 Å². The number of carbonyl (C=O) groups excluding carboxylic acids is 2. The molecule has 0 saturated heterocycles. The van der Waals surface area contributed by atoms with E-state index < -0.39 is 17.9 Å². The number of Topliss-reactive ketones (excluding diaryl/α,β-unsaturated/α-hetero) is 1. The first-order valence-corrected chi connectivity index (χ1v) is 7.56. The minimum absolute atomic E-state index is 0.154. The van der Waals surface area contributed by atoms with Gasteiger partial charge in [0.05, 0.1) is 12.7 Å². The maximum Gasteiger partial charge on any atom is 0.340 e. The van der Waals surface area contributed by atoms with Crippen LogP contribution in [0.25, 0.3) is 0 Å². The predicted molar refractivity (Wildman–Crippen MR) is 86.3 cm³/mol. The van der Waals surface area contributed by atoms with Crippen molar-refractivity contribution in [1.82, 2.24) is 0 Å². The molecule has 0 saturated carbocycles. The molecule has 2 aromatic rings. The second kappa shape index (κ2) is 7.37. The number of methoxy groups -OCH3 is 1. The van der Waals surface area contributed by atoms with Crippen molar-refractivity contribution in [2.75, 3.05) is 7.11 Å². The zero-order chi connectivity index (χ0) is 17.0. The Kier molecular flexibility index (Phi) is 5.50. The summed E-state index contributed by atoms with van der Waals surface area (Å²) >= 11 is 3.10. The van der Waals surface area contributed by atoms with E-state index in [1.165, 1.54) is 20.1 Å². The fourth-order valence-electron chi connectivity index (χ4n) is 1.92. The maximum absolute atomic E-state index is 13.0. The maximum atomic E-state index is 13.0. The molecule has 0 unspecified atom stereocenters. The van der Waals surface area contributed by atoms with E-state index in [-0.39, 0.29) is 15.8 Å². The summed E-state index contributed by atoms with van der Waals surface area (Å²) in [6.45, 7) is 1.49. The predicted octanol–water partition coefficient (Wildman–Crippen LogP) is 4.03. The van der Waals surface area contributed by atoms with Gasteiger partial charge in [-0.25, -0.2) is 9.18 Å². The average Bonchev–Trinajstić information content (AvgIpc) is 2.54. The Morgan fingerprint density at radius 1 is 1.13 bits per heavy atom.